The Bertz CT molecular complexity index is 768. The summed E-state index contributed by atoms with van der Waals surface area (Å²) in [5.74, 6) is 0.0137. The van der Waals surface area contributed by atoms with Gasteiger partial charge >= 0.3 is 6.09 Å². The molecule has 116 valence electrons. The molecule has 1 aromatic heterocycles. The van der Waals surface area contributed by atoms with Gasteiger partial charge in [0.1, 0.15) is 5.60 Å². The van der Waals surface area contributed by atoms with E-state index in [1.165, 1.54) is 4.57 Å². The van der Waals surface area contributed by atoms with Crippen molar-refractivity contribution in [2.45, 2.75) is 45.9 Å². The van der Waals surface area contributed by atoms with Gasteiger partial charge in [-0.25, -0.2) is 9.36 Å². The SMILES string of the molecule is C[C@@H]1NCc2c(c3ccccc3n2C(=O)OC(C)(C)C)C1=O. The number of nitrogens with zero attached hydrogens (tertiary/aromatic N) is 1. The zero-order valence-corrected chi connectivity index (χ0v) is 13.3. The number of Topliss-reactive ketones (excluding diaryl/α,β-unsaturated/α-hetero) is 1. The third-order valence-corrected chi connectivity index (χ3v) is 3.76. The molecule has 0 unspecified atom stereocenters. The minimum atomic E-state index is -0.589. The molecule has 0 fully saturated rings. The summed E-state index contributed by atoms with van der Waals surface area (Å²) in [6.45, 7) is 7.79. The number of rotatable bonds is 0. The third-order valence-electron chi connectivity index (χ3n) is 3.76. The van der Waals surface area contributed by atoms with Crippen LogP contribution in [0.25, 0.3) is 10.9 Å². The van der Waals surface area contributed by atoms with E-state index in [0.29, 0.717) is 23.3 Å². The first-order valence-electron chi connectivity index (χ1n) is 7.43. The minimum Gasteiger partial charge on any atom is -0.443 e. The highest BCUT2D eigenvalue weighted by Crippen LogP contribution is 2.30. The Morgan fingerprint density at radius 3 is 2.68 bits per heavy atom. The van der Waals surface area contributed by atoms with Gasteiger partial charge in [-0.1, -0.05) is 18.2 Å². The van der Waals surface area contributed by atoms with Crippen LogP contribution in [0.5, 0.6) is 0 Å². The Balaban J connectivity index is 2.23. The molecule has 2 heterocycles. The van der Waals surface area contributed by atoms with Gasteiger partial charge < -0.3 is 10.1 Å². The van der Waals surface area contributed by atoms with Gasteiger partial charge in [0.2, 0.25) is 0 Å². The quantitative estimate of drug-likeness (QED) is 0.812. The Labute approximate surface area is 129 Å². The number of aromatic nitrogens is 1. The fourth-order valence-electron chi connectivity index (χ4n) is 2.81. The lowest BCUT2D eigenvalue weighted by atomic mass is 9.98. The van der Waals surface area contributed by atoms with Crippen LogP contribution in [0, 0.1) is 0 Å². The summed E-state index contributed by atoms with van der Waals surface area (Å²) < 4.78 is 7.02. The van der Waals surface area contributed by atoms with Gasteiger partial charge in [-0.05, 0) is 33.8 Å². The summed E-state index contributed by atoms with van der Waals surface area (Å²) in [7, 11) is 0. The van der Waals surface area contributed by atoms with Gasteiger partial charge in [-0.15, -0.1) is 0 Å². The first-order chi connectivity index (χ1) is 10.3. The predicted octanol–water partition coefficient (Wildman–Crippen LogP) is 3.10. The van der Waals surface area contributed by atoms with E-state index in [-0.39, 0.29) is 11.8 Å². The number of ketones is 1. The van der Waals surface area contributed by atoms with Crippen LogP contribution in [0.1, 0.15) is 43.7 Å². The molecule has 5 nitrogen and oxygen atoms in total. The second kappa shape index (κ2) is 4.95. The van der Waals surface area contributed by atoms with Crippen molar-refractivity contribution in [3.05, 3.63) is 35.5 Å². The summed E-state index contributed by atoms with van der Waals surface area (Å²) in [4.78, 5) is 25.1. The van der Waals surface area contributed by atoms with Gasteiger partial charge in [-0.3, -0.25) is 4.79 Å². The van der Waals surface area contributed by atoms with Crippen LogP contribution in [-0.2, 0) is 11.3 Å². The Hall–Kier alpha value is -2.14. The van der Waals surface area contributed by atoms with Gasteiger partial charge in [0.25, 0.3) is 0 Å². The maximum absolute atomic E-state index is 12.6. The van der Waals surface area contributed by atoms with Crippen LogP contribution in [-0.4, -0.2) is 28.1 Å². The fourth-order valence-corrected chi connectivity index (χ4v) is 2.81. The molecule has 1 N–H and O–H groups in total. The number of hydrogen-bond donors (Lipinski definition) is 1. The number of hydrogen-bond acceptors (Lipinski definition) is 4. The third kappa shape index (κ3) is 2.31. The zero-order valence-electron chi connectivity index (χ0n) is 13.3. The predicted molar refractivity (Wildman–Crippen MR) is 84.2 cm³/mol. The van der Waals surface area contributed by atoms with Gasteiger partial charge in [-0.2, -0.15) is 0 Å². The van der Waals surface area contributed by atoms with E-state index in [4.69, 9.17) is 4.74 Å². The van der Waals surface area contributed by atoms with Crippen LogP contribution in [0.2, 0.25) is 0 Å². The topological polar surface area (TPSA) is 60.3 Å². The van der Waals surface area contributed by atoms with E-state index in [1.54, 1.807) is 0 Å². The molecule has 0 bridgehead atoms. The highest BCUT2D eigenvalue weighted by atomic mass is 16.6. The van der Waals surface area contributed by atoms with Gasteiger partial charge in [0.15, 0.2) is 5.78 Å². The van der Waals surface area contributed by atoms with Crippen LogP contribution < -0.4 is 5.32 Å². The van der Waals surface area contributed by atoms with E-state index in [1.807, 2.05) is 52.0 Å². The monoisotopic (exact) mass is 300 g/mol. The maximum Gasteiger partial charge on any atom is 0.419 e. The molecule has 1 atom stereocenters. The first-order valence-corrected chi connectivity index (χ1v) is 7.43. The molecule has 3 rings (SSSR count). The summed E-state index contributed by atoms with van der Waals surface area (Å²) in [5.41, 5.74) is 1.44. The second-order valence-corrected chi connectivity index (χ2v) is 6.62. The minimum absolute atomic E-state index is 0.0137. The molecule has 0 saturated carbocycles. The molecule has 22 heavy (non-hydrogen) atoms. The number of nitrogens with one attached hydrogen (secondary N) is 1. The average molecular weight is 300 g/mol. The maximum atomic E-state index is 12.6. The average Bonchev–Trinajstić information content (AvgIpc) is 2.76. The molecule has 2 aromatic rings. The van der Waals surface area contributed by atoms with Crippen LogP contribution in [0.3, 0.4) is 0 Å². The number of para-hydroxylation sites is 1. The zero-order chi connectivity index (χ0) is 16.1. The Kier molecular flexibility index (Phi) is 3.33. The van der Waals surface area contributed by atoms with Crippen molar-refractivity contribution in [1.82, 2.24) is 9.88 Å². The molecule has 0 saturated heterocycles. The summed E-state index contributed by atoms with van der Waals surface area (Å²) >= 11 is 0. The summed E-state index contributed by atoms with van der Waals surface area (Å²) in [5, 5.41) is 3.94. The second-order valence-electron chi connectivity index (χ2n) is 6.62. The molecule has 0 aliphatic carbocycles. The highest BCUT2D eigenvalue weighted by Gasteiger charge is 2.33. The van der Waals surface area contributed by atoms with Gasteiger partial charge in [0, 0.05) is 17.5 Å². The fraction of sp³-hybridized carbons (Fsp3) is 0.412. The molecule has 1 aromatic carbocycles. The number of fused-ring (bicyclic) bond motifs is 3. The van der Waals surface area contributed by atoms with E-state index < -0.39 is 11.7 Å². The summed E-state index contributed by atoms with van der Waals surface area (Å²) in [6, 6.07) is 7.21. The van der Waals surface area contributed by atoms with Crippen LogP contribution in [0.4, 0.5) is 4.79 Å². The lowest BCUT2D eigenvalue weighted by molar-refractivity contribution is 0.0539. The van der Waals surface area contributed by atoms with Crippen molar-refractivity contribution in [1.29, 1.82) is 0 Å². The van der Waals surface area contributed by atoms with Crippen molar-refractivity contribution in [2.24, 2.45) is 0 Å². The molecule has 5 heteroatoms. The van der Waals surface area contributed by atoms with Crippen molar-refractivity contribution < 1.29 is 14.3 Å². The molecule has 1 aliphatic rings. The lowest BCUT2D eigenvalue weighted by Crippen LogP contribution is -2.40. The lowest BCUT2D eigenvalue weighted by Gasteiger charge is -2.23. The molecule has 0 spiro atoms. The number of benzene rings is 1. The van der Waals surface area contributed by atoms with Crippen LogP contribution in [0.15, 0.2) is 24.3 Å². The van der Waals surface area contributed by atoms with E-state index in [9.17, 15) is 9.59 Å². The Morgan fingerprint density at radius 1 is 1.32 bits per heavy atom. The highest BCUT2D eigenvalue weighted by molar-refractivity contribution is 6.14. The molecule has 0 amide bonds. The molecular formula is C17H20N2O3. The molecular weight excluding hydrogens is 280 g/mol. The van der Waals surface area contributed by atoms with Gasteiger partial charge in [0.05, 0.1) is 17.3 Å². The first kappa shape index (κ1) is 14.8. The van der Waals surface area contributed by atoms with Crippen LogP contribution >= 0.6 is 0 Å². The summed E-state index contributed by atoms with van der Waals surface area (Å²) in [6.07, 6.45) is -0.450. The molecule has 0 radical (unpaired) electrons. The van der Waals surface area contributed by atoms with E-state index in [2.05, 4.69) is 5.32 Å². The van der Waals surface area contributed by atoms with E-state index >= 15 is 0 Å². The largest absolute Gasteiger partial charge is 0.443 e. The number of carbonyl (C=O) groups is 2. The van der Waals surface area contributed by atoms with Crippen molar-refractivity contribution in [2.75, 3.05) is 0 Å². The molecule has 1 aliphatic heterocycles. The normalized spacial score (nSPS) is 18.4. The number of ether oxygens (including phenoxy) is 1. The van der Waals surface area contributed by atoms with Crippen molar-refractivity contribution in [3.8, 4) is 0 Å². The number of carbonyl (C=O) groups excluding carboxylic acids is 2. The standard InChI is InChI=1S/C17H20N2O3/c1-10-15(20)14-11-7-5-6-8-12(11)19(13(14)9-18-10)16(21)22-17(2,3)4/h5-8,10,18H,9H2,1-4H3/t10-/m0/s1. The smallest absolute Gasteiger partial charge is 0.419 e. The van der Waals surface area contributed by atoms with Crippen molar-refractivity contribution >= 4 is 22.8 Å². The van der Waals surface area contributed by atoms with E-state index in [0.717, 1.165) is 5.39 Å². The Morgan fingerprint density at radius 2 is 2.00 bits per heavy atom. The van der Waals surface area contributed by atoms with Crippen molar-refractivity contribution in [3.63, 3.8) is 0 Å².